The number of hydrogen-bond acceptors (Lipinski definition) is 5. The number of fused-ring (bicyclic) bond motifs is 1. The average Bonchev–Trinajstić information content (AvgIpc) is 3.06. The fraction of sp³-hybridized carbons (Fsp3) is 0.375. The Balaban J connectivity index is 1.87. The molecule has 2 heterocycles. The molecule has 120 valence electrons. The van der Waals surface area contributed by atoms with E-state index in [2.05, 4.69) is 10.3 Å². The Labute approximate surface area is 133 Å². The molecule has 0 bridgehead atoms. The molecular weight excluding hydrogens is 296 g/mol. The highest BCUT2D eigenvalue weighted by atomic mass is 16.6. The van der Waals surface area contributed by atoms with Crippen molar-refractivity contribution in [2.75, 3.05) is 25.0 Å². The Bertz CT molecular complexity index is 769. The number of carbonyl (C=O) groups excluding carboxylic acids is 1. The smallest absolute Gasteiger partial charge is 0.270 e. The highest BCUT2D eigenvalue weighted by Crippen LogP contribution is 2.27. The number of anilines is 1. The zero-order chi connectivity index (χ0) is 16.4. The van der Waals surface area contributed by atoms with Gasteiger partial charge < -0.3 is 10.2 Å². The number of nitrogens with one attached hydrogen (secondary N) is 1. The monoisotopic (exact) mass is 314 g/mol. The summed E-state index contributed by atoms with van der Waals surface area (Å²) in [6, 6.07) is 6.37. The molecule has 1 fully saturated rings. The van der Waals surface area contributed by atoms with Crippen molar-refractivity contribution in [3.05, 3.63) is 40.1 Å². The summed E-state index contributed by atoms with van der Waals surface area (Å²) in [5.74, 6) is 0.0514. The second kappa shape index (κ2) is 6.20. The van der Waals surface area contributed by atoms with Gasteiger partial charge in [0.2, 0.25) is 5.91 Å². The summed E-state index contributed by atoms with van der Waals surface area (Å²) in [5, 5.41) is 14.7. The van der Waals surface area contributed by atoms with Crippen LogP contribution in [-0.4, -0.2) is 40.3 Å². The summed E-state index contributed by atoms with van der Waals surface area (Å²) in [5.41, 5.74) is 2.18. The van der Waals surface area contributed by atoms with E-state index in [0.717, 1.165) is 31.6 Å². The van der Waals surface area contributed by atoms with E-state index in [-0.39, 0.29) is 18.1 Å². The van der Waals surface area contributed by atoms with Gasteiger partial charge in [-0.05, 0) is 31.9 Å². The normalized spacial score (nSPS) is 14.2. The SMILES string of the molecule is Cc1cc(NCC(=O)N2CCCC2)c2cc([N+](=O)[O-])ccc2n1. The molecule has 23 heavy (non-hydrogen) atoms. The molecule has 1 aliphatic heterocycles. The van der Waals surface area contributed by atoms with Crippen molar-refractivity contribution in [1.29, 1.82) is 0 Å². The molecule has 1 aliphatic rings. The molecule has 0 atom stereocenters. The van der Waals surface area contributed by atoms with Gasteiger partial charge in [-0.25, -0.2) is 0 Å². The van der Waals surface area contributed by atoms with Gasteiger partial charge in [0.05, 0.1) is 17.0 Å². The summed E-state index contributed by atoms with van der Waals surface area (Å²) in [4.78, 5) is 28.9. The number of likely N-dealkylation sites (tertiary alicyclic amines) is 1. The lowest BCUT2D eigenvalue weighted by atomic mass is 10.1. The summed E-state index contributed by atoms with van der Waals surface area (Å²) in [7, 11) is 0. The highest BCUT2D eigenvalue weighted by molar-refractivity contribution is 5.94. The minimum atomic E-state index is -0.432. The Morgan fingerprint density at radius 2 is 2.09 bits per heavy atom. The molecule has 0 radical (unpaired) electrons. The molecule has 1 saturated heterocycles. The fourth-order valence-electron chi connectivity index (χ4n) is 2.86. The largest absolute Gasteiger partial charge is 0.376 e. The number of benzene rings is 1. The van der Waals surface area contributed by atoms with E-state index in [0.29, 0.717) is 16.6 Å². The van der Waals surface area contributed by atoms with Crippen LogP contribution in [0.2, 0.25) is 0 Å². The number of non-ortho nitro benzene ring substituents is 1. The molecule has 2 aromatic rings. The summed E-state index contributed by atoms with van der Waals surface area (Å²) in [6.07, 6.45) is 2.10. The number of hydrogen-bond donors (Lipinski definition) is 1. The molecule has 0 aliphatic carbocycles. The maximum Gasteiger partial charge on any atom is 0.270 e. The van der Waals surface area contributed by atoms with Crippen molar-refractivity contribution in [2.24, 2.45) is 0 Å². The van der Waals surface area contributed by atoms with Gasteiger partial charge in [0.15, 0.2) is 0 Å². The average molecular weight is 314 g/mol. The second-order valence-electron chi connectivity index (χ2n) is 5.71. The molecule has 1 N–H and O–H groups in total. The lowest BCUT2D eigenvalue weighted by Gasteiger charge is -2.17. The van der Waals surface area contributed by atoms with E-state index in [9.17, 15) is 14.9 Å². The van der Waals surface area contributed by atoms with Crippen LogP contribution in [0.5, 0.6) is 0 Å². The van der Waals surface area contributed by atoms with Crippen molar-refractivity contribution in [3.8, 4) is 0 Å². The van der Waals surface area contributed by atoms with Crippen LogP contribution >= 0.6 is 0 Å². The Morgan fingerprint density at radius 1 is 1.35 bits per heavy atom. The molecule has 0 saturated carbocycles. The molecule has 3 rings (SSSR count). The first-order valence-electron chi connectivity index (χ1n) is 7.62. The van der Waals surface area contributed by atoms with Gasteiger partial charge in [-0.1, -0.05) is 0 Å². The minimum Gasteiger partial charge on any atom is -0.376 e. The van der Waals surface area contributed by atoms with Crippen LogP contribution in [0.4, 0.5) is 11.4 Å². The molecule has 0 spiro atoms. The first kappa shape index (κ1) is 15.2. The molecule has 1 aromatic carbocycles. The van der Waals surface area contributed by atoms with Gasteiger partial charge >= 0.3 is 0 Å². The number of nitrogens with zero attached hydrogens (tertiary/aromatic N) is 3. The van der Waals surface area contributed by atoms with Crippen molar-refractivity contribution in [3.63, 3.8) is 0 Å². The van der Waals surface area contributed by atoms with Crippen LogP contribution in [0, 0.1) is 17.0 Å². The van der Waals surface area contributed by atoms with Gasteiger partial charge in [0.25, 0.3) is 5.69 Å². The predicted octanol–water partition coefficient (Wildman–Crippen LogP) is 2.49. The van der Waals surface area contributed by atoms with Gasteiger partial charge in [-0.15, -0.1) is 0 Å². The van der Waals surface area contributed by atoms with Crippen LogP contribution in [0.3, 0.4) is 0 Å². The fourth-order valence-corrected chi connectivity index (χ4v) is 2.86. The van der Waals surface area contributed by atoms with E-state index in [1.165, 1.54) is 12.1 Å². The van der Waals surface area contributed by atoms with Gasteiger partial charge in [0, 0.05) is 42.0 Å². The molecule has 1 aromatic heterocycles. The van der Waals surface area contributed by atoms with Crippen LogP contribution < -0.4 is 5.32 Å². The maximum absolute atomic E-state index is 12.2. The number of aromatic nitrogens is 1. The lowest BCUT2D eigenvalue weighted by Crippen LogP contribution is -2.33. The summed E-state index contributed by atoms with van der Waals surface area (Å²) in [6.45, 7) is 3.65. The molecule has 1 amide bonds. The number of carbonyl (C=O) groups is 1. The molecule has 7 heteroatoms. The van der Waals surface area contributed by atoms with Crippen LogP contribution in [0.15, 0.2) is 24.3 Å². The van der Waals surface area contributed by atoms with Gasteiger partial charge in [-0.3, -0.25) is 19.9 Å². The zero-order valence-electron chi connectivity index (χ0n) is 12.9. The van der Waals surface area contributed by atoms with E-state index in [1.807, 2.05) is 17.9 Å². The first-order chi connectivity index (χ1) is 11.0. The van der Waals surface area contributed by atoms with Crippen molar-refractivity contribution < 1.29 is 9.72 Å². The third-order valence-electron chi connectivity index (χ3n) is 4.02. The highest BCUT2D eigenvalue weighted by Gasteiger charge is 2.18. The number of pyridine rings is 1. The van der Waals surface area contributed by atoms with Crippen molar-refractivity contribution in [2.45, 2.75) is 19.8 Å². The molecular formula is C16H18N4O3. The number of rotatable bonds is 4. The molecule has 7 nitrogen and oxygen atoms in total. The number of nitro groups is 1. The Morgan fingerprint density at radius 3 is 2.78 bits per heavy atom. The maximum atomic E-state index is 12.2. The van der Waals surface area contributed by atoms with E-state index >= 15 is 0 Å². The Hall–Kier alpha value is -2.70. The summed E-state index contributed by atoms with van der Waals surface area (Å²) >= 11 is 0. The number of aryl methyl sites for hydroxylation is 1. The minimum absolute atomic E-state index is 0.0112. The van der Waals surface area contributed by atoms with E-state index in [4.69, 9.17) is 0 Å². The third kappa shape index (κ3) is 3.23. The quantitative estimate of drug-likeness (QED) is 0.692. The van der Waals surface area contributed by atoms with Crippen LogP contribution in [0.1, 0.15) is 18.5 Å². The number of amides is 1. The predicted molar refractivity (Wildman–Crippen MR) is 87.4 cm³/mol. The van der Waals surface area contributed by atoms with Crippen molar-refractivity contribution >= 4 is 28.2 Å². The first-order valence-corrected chi connectivity index (χ1v) is 7.62. The lowest BCUT2D eigenvalue weighted by molar-refractivity contribution is -0.384. The zero-order valence-corrected chi connectivity index (χ0v) is 12.9. The van der Waals surface area contributed by atoms with E-state index < -0.39 is 4.92 Å². The van der Waals surface area contributed by atoms with Crippen LogP contribution in [-0.2, 0) is 4.79 Å². The van der Waals surface area contributed by atoms with Gasteiger partial charge in [0.1, 0.15) is 0 Å². The summed E-state index contributed by atoms with van der Waals surface area (Å²) < 4.78 is 0. The Kier molecular flexibility index (Phi) is 4.10. The number of nitro benzene ring substituents is 1. The molecule has 0 unspecified atom stereocenters. The third-order valence-corrected chi connectivity index (χ3v) is 4.02. The van der Waals surface area contributed by atoms with Crippen LogP contribution in [0.25, 0.3) is 10.9 Å². The van der Waals surface area contributed by atoms with E-state index in [1.54, 1.807) is 6.07 Å². The standard InChI is InChI=1S/C16H18N4O3/c1-11-8-15(17-10-16(21)19-6-2-3-7-19)13-9-12(20(22)23)4-5-14(13)18-11/h4-5,8-9H,2-3,6-7,10H2,1H3,(H,17,18). The van der Waals surface area contributed by atoms with Crippen molar-refractivity contribution in [1.82, 2.24) is 9.88 Å². The second-order valence-corrected chi connectivity index (χ2v) is 5.71. The topological polar surface area (TPSA) is 88.4 Å². The van der Waals surface area contributed by atoms with Gasteiger partial charge in [-0.2, -0.15) is 0 Å².